The number of aryl methyl sites for hydroxylation is 2. The zero-order valence-corrected chi connectivity index (χ0v) is 10.6. The van der Waals surface area contributed by atoms with Gasteiger partial charge < -0.3 is 10.4 Å². The average molecular weight is 266 g/mol. The molecule has 0 saturated heterocycles. The molecule has 0 spiro atoms. The summed E-state index contributed by atoms with van der Waals surface area (Å²) in [6.45, 7) is 3.41. The molecule has 2 aromatic rings. The van der Waals surface area contributed by atoms with Crippen molar-refractivity contribution in [2.75, 3.05) is 5.32 Å². The van der Waals surface area contributed by atoms with Gasteiger partial charge >= 0.3 is 5.97 Å². The van der Waals surface area contributed by atoms with Crippen LogP contribution in [-0.4, -0.2) is 16.1 Å². The van der Waals surface area contributed by atoms with Crippen molar-refractivity contribution < 1.29 is 14.3 Å². The van der Waals surface area contributed by atoms with Crippen LogP contribution in [0.1, 0.15) is 20.9 Å². The van der Waals surface area contributed by atoms with Crippen molar-refractivity contribution in [1.82, 2.24) is 4.98 Å². The van der Waals surface area contributed by atoms with E-state index in [1.807, 2.05) is 0 Å². The number of aromatic nitrogens is 1. The summed E-state index contributed by atoms with van der Waals surface area (Å²) in [5, 5.41) is 12.3. The average Bonchev–Trinajstić information content (AvgIpc) is 2.57. The zero-order valence-electron chi connectivity index (χ0n) is 9.82. The molecule has 1 aromatic heterocycles. The number of benzene rings is 1. The molecule has 6 heteroatoms. The van der Waals surface area contributed by atoms with Gasteiger partial charge in [0.2, 0.25) is 0 Å². The molecule has 0 unspecified atom stereocenters. The zero-order chi connectivity index (χ0) is 13.3. The quantitative estimate of drug-likeness (QED) is 0.894. The van der Waals surface area contributed by atoms with E-state index < -0.39 is 5.97 Å². The summed E-state index contributed by atoms with van der Waals surface area (Å²) in [5.74, 6) is -1.35. The molecule has 1 heterocycles. The van der Waals surface area contributed by atoms with E-state index in [1.165, 1.54) is 12.1 Å². The maximum absolute atomic E-state index is 13.2. The van der Waals surface area contributed by atoms with Gasteiger partial charge in [0.1, 0.15) is 10.7 Å². The van der Waals surface area contributed by atoms with Crippen molar-refractivity contribution in [1.29, 1.82) is 0 Å². The van der Waals surface area contributed by atoms with Gasteiger partial charge in [-0.2, -0.15) is 0 Å². The van der Waals surface area contributed by atoms with E-state index in [2.05, 4.69) is 10.3 Å². The molecule has 2 N–H and O–H groups in total. The van der Waals surface area contributed by atoms with E-state index in [9.17, 15) is 9.18 Å². The lowest BCUT2D eigenvalue weighted by Gasteiger charge is -2.03. The van der Waals surface area contributed by atoms with Crippen molar-refractivity contribution >= 4 is 28.1 Å². The SMILES string of the molecule is Cc1cc(F)cc(Nc2nc(C)c(C(=O)O)s2)c1. The Labute approximate surface area is 107 Å². The Kier molecular flexibility index (Phi) is 3.29. The molecule has 0 saturated carbocycles. The number of hydrogen-bond donors (Lipinski definition) is 2. The van der Waals surface area contributed by atoms with Gasteiger partial charge in [-0.3, -0.25) is 0 Å². The van der Waals surface area contributed by atoms with Crippen molar-refractivity contribution in [3.05, 3.63) is 40.2 Å². The minimum absolute atomic E-state index is 0.186. The summed E-state index contributed by atoms with van der Waals surface area (Å²) in [4.78, 5) is 15.2. The molecule has 18 heavy (non-hydrogen) atoms. The first-order valence-electron chi connectivity index (χ1n) is 5.20. The van der Waals surface area contributed by atoms with Crippen LogP contribution in [-0.2, 0) is 0 Å². The number of carbonyl (C=O) groups is 1. The van der Waals surface area contributed by atoms with Crippen LogP contribution in [0.15, 0.2) is 18.2 Å². The number of hydrogen-bond acceptors (Lipinski definition) is 4. The van der Waals surface area contributed by atoms with Gasteiger partial charge in [0.05, 0.1) is 5.69 Å². The first-order valence-corrected chi connectivity index (χ1v) is 6.02. The van der Waals surface area contributed by atoms with Crippen LogP contribution in [0.5, 0.6) is 0 Å². The molecule has 4 nitrogen and oxygen atoms in total. The molecule has 0 aliphatic rings. The highest BCUT2D eigenvalue weighted by atomic mass is 32.1. The van der Waals surface area contributed by atoms with Gasteiger partial charge in [-0.1, -0.05) is 11.3 Å². The molecular formula is C12H11FN2O2S. The number of aromatic carboxylic acids is 1. The van der Waals surface area contributed by atoms with Crippen LogP contribution in [0.25, 0.3) is 0 Å². The van der Waals surface area contributed by atoms with Gasteiger partial charge in [-0.05, 0) is 37.6 Å². The topological polar surface area (TPSA) is 62.2 Å². The Morgan fingerprint density at radius 1 is 1.39 bits per heavy atom. The van der Waals surface area contributed by atoms with E-state index in [0.717, 1.165) is 16.9 Å². The van der Waals surface area contributed by atoms with Crippen LogP contribution < -0.4 is 5.32 Å². The van der Waals surface area contributed by atoms with Gasteiger partial charge in [0.25, 0.3) is 0 Å². The third-order valence-electron chi connectivity index (χ3n) is 2.28. The number of anilines is 2. The summed E-state index contributed by atoms with van der Waals surface area (Å²) >= 11 is 1.03. The molecule has 0 radical (unpaired) electrons. The Balaban J connectivity index is 2.28. The number of rotatable bonds is 3. The van der Waals surface area contributed by atoms with E-state index in [1.54, 1.807) is 19.9 Å². The summed E-state index contributed by atoms with van der Waals surface area (Å²) in [7, 11) is 0. The lowest BCUT2D eigenvalue weighted by molar-refractivity contribution is 0.0701. The highest BCUT2D eigenvalue weighted by Crippen LogP contribution is 2.26. The van der Waals surface area contributed by atoms with Crippen LogP contribution in [0.4, 0.5) is 15.2 Å². The summed E-state index contributed by atoms with van der Waals surface area (Å²) in [5.41, 5.74) is 1.78. The van der Waals surface area contributed by atoms with Crippen molar-refractivity contribution in [3.8, 4) is 0 Å². The lowest BCUT2D eigenvalue weighted by atomic mass is 10.2. The fraction of sp³-hybridized carbons (Fsp3) is 0.167. The number of thiazole rings is 1. The van der Waals surface area contributed by atoms with Crippen molar-refractivity contribution in [2.24, 2.45) is 0 Å². The largest absolute Gasteiger partial charge is 0.477 e. The molecule has 1 aromatic carbocycles. The van der Waals surface area contributed by atoms with Crippen LogP contribution in [0.3, 0.4) is 0 Å². The normalized spacial score (nSPS) is 10.4. The maximum Gasteiger partial charge on any atom is 0.347 e. The van der Waals surface area contributed by atoms with E-state index in [0.29, 0.717) is 16.5 Å². The lowest BCUT2D eigenvalue weighted by Crippen LogP contribution is -1.94. The van der Waals surface area contributed by atoms with E-state index >= 15 is 0 Å². The molecule has 0 bridgehead atoms. The Morgan fingerprint density at radius 2 is 2.11 bits per heavy atom. The third-order valence-corrected chi connectivity index (χ3v) is 3.35. The third kappa shape index (κ3) is 2.65. The molecule has 2 rings (SSSR count). The van der Waals surface area contributed by atoms with Crippen molar-refractivity contribution in [3.63, 3.8) is 0 Å². The fourth-order valence-electron chi connectivity index (χ4n) is 1.58. The predicted molar refractivity (Wildman–Crippen MR) is 68.2 cm³/mol. The molecule has 0 aliphatic heterocycles. The Bertz CT molecular complexity index is 590. The standard InChI is InChI=1S/C12H11FN2O2S/c1-6-3-8(13)5-9(4-6)15-12-14-7(2)10(18-12)11(16)17/h3-5H,1-2H3,(H,14,15)(H,16,17). The van der Waals surface area contributed by atoms with E-state index in [-0.39, 0.29) is 10.7 Å². The smallest absolute Gasteiger partial charge is 0.347 e. The first kappa shape index (κ1) is 12.5. The highest BCUT2D eigenvalue weighted by Gasteiger charge is 2.14. The number of nitrogens with zero attached hydrogens (tertiary/aromatic N) is 1. The van der Waals surface area contributed by atoms with Crippen LogP contribution in [0, 0.1) is 19.7 Å². The Hall–Kier alpha value is -1.95. The van der Waals surface area contributed by atoms with E-state index in [4.69, 9.17) is 5.11 Å². The number of carboxylic acids is 1. The second-order valence-electron chi connectivity index (χ2n) is 3.88. The monoisotopic (exact) mass is 266 g/mol. The van der Waals surface area contributed by atoms with Crippen LogP contribution in [0.2, 0.25) is 0 Å². The van der Waals surface area contributed by atoms with Crippen molar-refractivity contribution in [2.45, 2.75) is 13.8 Å². The molecule has 0 amide bonds. The first-order chi connectivity index (χ1) is 8.45. The molecule has 0 fully saturated rings. The number of carboxylic acid groups (broad SMARTS) is 1. The van der Waals surface area contributed by atoms with Gasteiger partial charge in [-0.25, -0.2) is 14.2 Å². The minimum Gasteiger partial charge on any atom is -0.477 e. The molecule has 0 atom stereocenters. The summed E-state index contributed by atoms with van der Waals surface area (Å²) in [6, 6.07) is 4.52. The minimum atomic E-state index is -1.01. The fourth-order valence-corrected chi connectivity index (χ4v) is 2.41. The molecular weight excluding hydrogens is 255 g/mol. The van der Waals surface area contributed by atoms with Gasteiger partial charge in [0.15, 0.2) is 5.13 Å². The summed E-state index contributed by atoms with van der Waals surface area (Å²) < 4.78 is 13.2. The second-order valence-corrected chi connectivity index (χ2v) is 4.88. The molecule has 94 valence electrons. The maximum atomic E-state index is 13.2. The summed E-state index contributed by atoms with van der Waals surface area (Å²) in [6.07, 6.45) is 0. The highest BCUT2D eigenvalue weighted by molar-refractivity contribution is 7.17. The Morgan fingerprint density at radius 3 is 2.67 bits per heavy atom. The van der Waals surface area contributed by atoms with Gasteiger partial charge in [-0.15, -0.1) is 0 Å². The predicted octanol–water partition coefficient (Wildman–Crippen LogP) is 3.34. The molecule has 0 aliphatic carbocycles. The number of halogens is 1. The number of nitrogens with one attached hydrogen (secondary N) is 1. The van der Waals surface area contributed by atoms with Crippen LogP contribution >= 0.6 is 11.3 Å². The second kappa shape index (κ2) is 4.73. The van der Waals surface area contributed by atoms with Gasteiger partial charge in [0, 0.05) is 5.69 Å².